The van der Waals surface area contributed by atoms with Crippen molar-refractivity contribution < 1.29 is 14.3 Å². The molecule has 1 aromatic carbocycles. The third-order valence-corrected chi connectivity index (χ3v) is 6.25. The average molecular weight is 314 g/mol. The molecule has 2 fully saturated rings. The second kappa shape index (κ2) is 6.46. The molecule has 0 aliphatic heterocycles. The molecular formula is C20H26O3. The molecule has 0 spiro atoms. The Kier molecular flexibility index (Phi) is 4.56. The van der Waals surface area contributed by atoms with Gasteiger partial charge in [0.2, 0.25) is 0 Å². The molecule has 23 heavy (non-hydrogen) atoms. The minimum Gasteiger partial charge on any atom is -0.458 e. The molecule has 3 nitrogen and oxygen atoms in total. The van der Waals surface area contributed by atoms with E-state index in [0.717, 1.165) is 38.4 Å². The van der Waals surface area contributed by atoms with Crippen molar-refractivity contribution in [2.45, 2.75) is 52.1 Å². The lowest BCUT2D eigenvalue weighted by molar-refractivity contribution is -0.114. The van der Waals surface area contributed by atoms with E-state index in [1.165, 1.54) is 0 Å². The highest BCUT2D eigenvalue weighted by Crippen LogP contribution is 2.58. The molecule has 1 unspecified atom stereocenters. The van der Waals surface area contributed by atoms with Gasteiger partial charge in [-0.2, -0.15) is 0 Å². The van der Waals surface area contributed by atoms with Crippen LogP contribution in [0, 0.1) is 23.2 Å². The summed E-state index contributed by atoms with van der Waals surface area (Å²) < 4.78 is 5.89. The van der Waals surface area contributed by atoms with Crippen molar-refractivity contribution in [3.05, 3.63) is 35.9 Å². The molecule has 0 aromatic heterocycles. The molecule has 0 N–H and O–H groups in total. The maximum Gasteiger partial charge on any atom is 0.338 e. The fraction of sp³-hybridized carbons (Fsp3) is 0.600. The van der Waals surface area contributed by atoms with Crippen LogP contribution in [-0.2, 0) is 9.53 Å². The van der Waals surface area contributed by atoms with Crippen LogP contribution < -0.4 is 0 Å². The third kappa shape index (κ3) is 2.93. The van der Waals surface area contributed by atoms with Gasteiger partial charge in [-0.3, -0.25) is 0 Å². The highest BCUT2D eigenvalue weighted by atomic mass is 16.5. The predicted octanol–water partition coefficient (Wildman–Crippen LogP) is 4.26. The number of rotatable bonds is 4. The minimum atomic E-state index is -0.216. The molecule has 3 rings (SSSR count). The number of fused-ring (bicyclic) bond motifs is 1. The number of hydrogen-bond acceptors (Lipinski definition) is 3. The number of esters is 1. The van der Waals surface area contributed by atoms with Gasteiger partial charge in [0.25, 0.3) is 0 Å². The second-order valence-corrected chi connectivity index (χ2v) is 7.49. The molecule has 5 atom stereocenters. The first-order valence-electron chi connectivity index (χ1n) is 8.77. The van der Waals surface area contributed by atoms with E-state index in [9.17, 15) is 9.59 Å². The monoisotopic (exact) mass is 314 g/mol. The van der Waals surface area contributed by atoms with E-state index in [1.54, 1.807) is 12.1 Å². The lowest BCUT2D eigenvalue weighted by Crippen LogP contribution is -2.43. The van der Waals surface area contributed by atoms with Gasteiger partial charge in [0.1, 0.15) is 12.4 Å². The van der Waals surface area contributed by atoms with Crippen LogP contribution in [-0.4, -0.2) is 18.4 Å². The summed E-state index contributed by atoms with van der Waals surface area (Å²) in [7, 11) is 0. The van der Waals surface area contributed by atoms with E-state index >= 15 is 0 Å². The normalized spacial score (nSPS) is 34.4. The Morgan fingerprint density at radius 2 is 2.00 bits per heavy atom. The van der Waals surface area contributed by atoms with Crippen LogP contribution in [0.5, 0.6) is 0 Å². The molecule has 124 valence electrons. The van der Waals surface area contributed by atoms with E-state index in [2.05, 4.69) is 6.92 Å². The van der Waals surface area contributed by atoms with Crippen LogP contribution in [0.1, 0.15) is 56.3 Å². The zero-order chi connectivity index (χ0) is 16.4. The first kappa shape index (κ1) is 16.2. The maximum absolute atomic E-state index is 12.4. The van der Waals surface area contributed by atoms with Gasteiger partial charge in [0, 0.05) is 11.8 Å². The molecule has 2 aliphatic rings. The minimum absolute atomic E-state index is 0.00897. The molecule has 3 heteroatoms. The summed E-state index contributed by atoms with van der Waals surface area (Å²) in [5, 5.41) is 0. The molecule has 0 bridgehead atoms. The predicted molar refractivity (Wildman–Crippen MR) is 89.0 cm³/mol. The van der Waals surface area contributed by atoms with E-state index in [-0.39, 0.29) is 23.4 Å². The topological polar surface area (TPSA) is 43.4 Å². The van der Waals surface area contributed by atoms with Crippen molar-refractivity contribution >= 4 is 12.3 Å². The number of carbonyl (C=O) groups excluding carboxylic acids is 2. The van der Waals surface area contributed by atoms with Crippen LogP contribution in [0.15, 0.2) is 30.3 Å². The molecule has 1 aromatic rings. The molecule has 0 saturated heterocycles. The first-order valence-corrected chi connectivity index (χ1v) is 8.77. The second-order valence-electron chi connectivity index (χ2n) is 7.49. The van der Waals surface area contributed by atoms with Gasteiger partial charge in [0.15, 0.2) is 0 Å². The highest BCUT2D eigenvalue weighted by molar-refractivity contribution is 5.89. The molecular weight excluding hydrogens is 288 g/mol. The van der Waals surface area contributed by atoms with Crippen LogP contribution in [0.4, 0.5) is 0 Å². The summed E-state index contributed by atoms with van der Waals surface area (Å²) in [6.45, 7) is 4.34. The van der Waals surface area contributed by atoms with E-state index < -0.39 is 0 Å². The van der Waals surface area contributed by atoms with E-state index in [4.69, 9.17) is 4.74 Å². The van der Waals surface area contributed by atoms with Crippen molar-refractivity contribution in [2.75, 3.05) is 0 Å². The maximum atomic E-state index is 12.4. The summed E-state index contributed by atoms with van der Waals surface area (Å²) in [6.07, 6.45) is 6.37. The lowest BCUT2D eigenvalue weighted by Gasteiger charge is -2.45. The molecule has 2 saturated carbocycles. The zero-order valence-electron chi connectivity index (χ0n) is 14.0. The summed E-state index contributed by atoms with van der Waals surface area (Å²) in [4.78, 5) is 23.7. The SMILES string of the molecule is C[C@@H](C=O)[C@H]1CC[C@H]2C(OC(=O)c3ccccc3)CCC[C@]12C. The van der Waals surface area contributed by atoms with Gasteiger partial charge >= 0.3 is 5.97 Å². The number of hydrogen-bond donors (Lipinski definition) is 0. The largest absolute Gasteiger partial charge is 0.458 e. The molecule has 0 amide bonds. The van der Waals surface area contributed by atoms with Gasteiger partial charge in [-0.25, -0.2) is 4.79 Å². The number of benzene rings is 1. The Morgan fingerprint density at radius 1 is 1.26 bits per heavy atom. The van der Waals surface area contributed by atoms with Crippen molar-refractivity contribution in [2.24, 2.45) is 23.2 Å². The molecule has 0 heterocycles. The Morgan fingerprint density at radius 3 is 2.70 bits per heavy atom. The van der Waals surface area contributed by atoms with Crippen molar-refractivity contribution in [1.29, 1.82) is 0 Å². The van der Waals surface area contributed by atoms with Crippen molar-refractivity contribution in [1.82, 2.24) is 0 Å². The molecule has 0 radical (unpaired) electrons. The van der Waals surface area contributed by atoms with Crippen LogP contribution in [0.2, 0.25) is 0 Å². The number of ether oxygens (including phenoxy) is 1. The fourth-order valence-corrected chi connectivity index (χ4v) is 5.04. The first-order chi connectivity index (χ1) is 11.1. The Bertz CT molecular complexity index is 568. The summed E-state index contributed by atoms with van der Waals surface area (Å²) in [6, 6.07) is 9.22. The quantitative estimate of drug-likeness (QED) is 0.616. The Labute approximate surface area is 138 Å². The average Bonchev–Trinajstić information content (AvgIpc) is 2.93. The van der Waals surface area contributed by atoms with Crippen LogP contribution in [0.25, 0.3) is 0 Å². The summed E-state index contributed by atoms with van der Waals surface area (Å²) >= 11 is 0. The van der Waals surface area contributed by atoms with Crippen LogP contribution >= 0.6 is 0 Å². The van der Waals surface area contributed by atoms with E-state index in [0.29, 0.717) is 17.4 Å². The lowest BCUT2D eigenvalue weighted by atomic mass is 9.62. The summed E-state index contributed by atoms with van der Waals surface area (Å²) in [5.74, 6) is 0.680. The summed E-state index contributed by atoms with van der Waals surface area (Å²) in [5.41, 5.74) is 0.746. The highest BCUT2D eigenvalue weighted by Gasteiger charge is 2.53. The smallest absolute Gasteiger partial charge is 0.338 e. The zero-order valence-corrected chi connectivity index (χ0v) is 14.0. The van der Waals surface area contributed by atoms with Crippen molar-refractivity contribution in [3.63, 3.8) is 0 Å². The number of aldehydes is 1. The standard InChI is InChI=1S/C20H26O3/c1-14(13-21)16-10-11-17-18(9-6-12-20(16,17)2)23-19(22)15-7-4-3-5-8-15/h3-5,7-8,13-14,16-18H,6,9-12H2,1-2H3/t14-,16+,17-,18?,20+/m0/s1. The van der Waals surface area contributed by atoms with Crippen molar-refractivity contribution in [3.8, 4) is 0 Å². The van der Waals surface area contributed by atoms with E-state index in [1.807, 2.05) is 25.1 Å². The fourth-order valence-electron chi connectivity index (χ4n) is 5.04. The Balaban J connectivity index is 1.75. The number of carbonyl (C=O) groups is 2. The van der Waals surface area contributed by atoms with Gasteiger partial charge in [-0.15, -0.1) is 0 Å². The van der Waals surface area contributed by atoms with Gasteiger partial charge in [0.05, 0.1) is 5.56 Å². The van der Waals surface area contributed by atoms with Gasteiger partial charge < -0.3 is 9.53 Å². The van der Waals surface area contributed by atoms with Gasteiger partial charge in [-0.1, -0.05) is 32.0 Å². The Hall–Kier alpha value is -1.64. The van der Waals surface area contributed by atoms with Gasteiger partial charge in [-0.05, 0) is 55.6 Å². The third-order valence-electron chi connectivity index (χ3n) is 6.25. The van der Waals surface area contributed by atoms with Crippen LogP contribution in [0.3, 0.4) is 0 Å². The molecule has 2 aliphatic carbocycles.